The summed E-state index contributed by atoms with van der Waals surface area (Å²) < 4.78 is 0.946. The molecule has 1 heterocycles. The van der Waals surface area contributed by atoms with Crippen LogP contribution < -0.4 is 0 Å². The summed E-state index contributed by atoms with van der Waals surface area (Å²) in [6.07, 6.45) is 0.380. The molecule has 15 heavy (non-hydrogen) atoms. The maximum atomic E-state index is 11.9. The summed E-state index contributed by atoms with van der Waals surface area (Å²) in [7, 11) is 0. The highest BCUT2D eigenvalue weighted by molar-refractivity contribution is 9.11. The zero-order chi connectivity index (χ0) is 11.3. The van der Waals surface area contributed by atoms with Crippen molar-refractivity contribution in [2.24, 2.45) is 0 Å². The van der Waals surface area contributed by atoms with Crippen molar-refractivity contribution in [1.82, 2.24) is 4.90 Å². The van der Waals surface area contributed by atoms with Crippen molar-refractivity contribution in [3.8, 4) is 6.07 Å². The first-order chi connectivity index (χ1) is 7.19. The third kappa shape index (κ3) is 3.33. The minimum absolute atomic E-state index is 0.00491. The number of hydrogen-bond acceptors (Lipinski definition) is 3. The molecule has 0 saturated carbocycles. The van der Waals surface area contributed by atoms with E-state index >= 15 is 0 Å². The van der Waals surface area contributed by atoms with Gasteiger partial charge >= 0.3 is 0 Å². The minimum atomic E-state index is -0.00491. The lowest BCUT2D eigenvalue weighted by atomic mass is 10.3. The second kappa shape index (κ2) is 5.89. The van der Waals surface area contributed by atoms with Crippen LogP contribution in [0.5, 0.6) is 0 Å². The van der Waals surface area contributed by atoms with Crippen LogP contribution in [0, 0.1) is 11.3 Å². The average molecular weight is 287 g/mol. The molecule has 0 aliphatic heterocycles. The second-order valence-electron chi connectivity index (χ2n) is 2.93. The van der Waals surface area contributed by atoms with Crippen LogP contribution in [0.1, 0.15) is 23.7 Å². The van der Waals surface area contributed by atoms with Crippen LogP contribution in [0.3, 0.4) is 0 Å². The number of halogens is 1. The number of nitrogens with zero attached hydrogens (tertiary/aromatic N) is 2. The molecule has 3 nitrogen and oxygen atoms in total. The molecule has 0 aromatic carbocycles. The van der Waals surface area contributed by atoms with Gasteiger partial charge in [-0.05, 0) is 28.9 Å². The molecule has 80 valence electrons. The van der Waals surface area contributed by atoms with Crippen LogP contribution in [0.4, 0.5) is 0 Å². The molecule has 1 aromatic heterocycles. The molecule has 0 aliphatic carbocycles. The molecule has 0 radical (unpaired) electrons. The van der Waals surface area contributed by atoms with Crippen molar-refractivity contribution in [3.63, 3.8) is 0 Å². The first kappa shape index (κ1) is 12.2. The van der Waals surface area contributed by atoms with Crippen LogP contribution in [0.15, 0.2) is 15.2 Å². The summed E-state index contributed by atoms with van der Waals surface area (Å²) in [4.78, 5) is 13.6. The SMILES string of the molecule is CCN(CCC#N)C(=O)c1csc(Br)c1. The summed E-state index contributed by atoms with van der Waals surface area (Å²) >= 11 is 4.81. The van der Waals surface area contributed by atoms with Gasteiger partial charge in [0.1, 0.15) is 0 Å². The van der Waals surface area contributed by atoms with E-state index in [0.717, 1.165) is 3.79 Å². The lowest BCUT2D eigenvalue weighted by molar-refractivity contribution is 0.0768. The Morgan fingerprint density at radius 3 is 2.93 bits per heavy atom. The van der Waals surface area contributed by atoms with Crippen molar-refractivity contribution < 1.29 is 4.79 Å². The van der Waals surface area contributed by atoms with E-state index in [2.05, 4.69) is 15.9 Å². The third-order valence-corrected chi connectivity index (χ3v) is 3.48. The molecule has 1 rings (SSSR count). The van der Waals surface area contributed by atoms with Gasteiger partial charge in [-0.1, -0.05) is 0 Å². The molecule has 0 saturated heterocycles. The Kier molecular flexibility index (Phi) is 4.79. The van der Waals surface area contributed by atoms with Gasteiger partial charge in [-0.15, -0.1) is 11.3 Å². The number of nitriles is 1. The van der Waals surface area contributed by atoms with Gasteiger partial charge in [0.2, 0.25) is 0 Å². The summed E-state index contributed by atoms with van der Waals surface area (Å²) in [5.41, 5.74) is 0.687. The molecule has 1 aromatic rings. The molecule has 0 aliphatic rings. The van der Waals surface area contributed by atoms with Gasteiger partial charge in [-0.25, -0.2) is 0 Å². The van der Waals surface area contributed by atoms with Crippen molar-refractivity contribution in [2.45, 2.75) is 13.3 Å². The van der Waals surface area contributed by atoms with Crippen molar-refractivity contribution in [1.29, 1.82) is 5.26 Å². The molecule has 0 atom stereocenters. The molecule has 0 spiro atoms. The number of amides is 1. The first-order valence-electron chi connectivity index (χ1n) is 4.59. The van der Waals surface area contributed by atoms with E-state index in [0.29, 0.717) is 25.1 Å². The van der Waals surface area contributed by atoms with Crippen LogP contribution in [-0.4, -0.2) is 23.9 Å². The van der Waals surface area contributed by atoms with Crippen LogP contribution in [0.2, 0.25) is 0 Å². The predicted molar refractivity (Wildman–Crippen MR) is 63.8 cm³/mol. The smallest absolute Gasteiger partial charge is 0.254 e. The molecule has 1 amide bonds. The highest BCUT2D eigenvalue weighted by atomic mass is 79.9. The molecule has 0 bridgehead atoms. The molecular weight excluding hydrogens is 276 g/mol. The van der Waals surface area contributed by atoms with Gasteiger partial charge in [-0.3, -0.25) is 4.79 Å². The lowest BCUT2D eigenvalue weighted by Gasteiger charge is -2.18. The molecule has 5 heteroatoms. The predicted octanol–water partition coefficient (Wildman–Crippen LogP) is 2.89. The van der Waals surface area contributed by atoms with Gasteiger partial charge < -0.3 is 4.90 Å². The summed E-state index contributed by atoms with van der Waals surface area (Å²) in [5.74, 6) is -0.00491. The zero-order valence-electron chi connectivity index (χ0n) is 8.36. The van der Waals surface area contributed by atoms with Gasteiger partial charge in [0.15, 0.2) is 0 Å². The van der Waals surface area contributed by atoms with Crippen molar-refractivity contribution in [3.05, 3.63) is 20.8 Å². The Labute approximate surface area is 101 Å². The maximum Gasteiger partial charge on any atom is 0.254 e. The molecular formula is C10H11BrN2OS. The standard InChI is InChI=1S/C10H11BrN2OS/c1-2-13(5-3-4-12)10(14)8-6-9(11)15-7-8/h6-7H,2-3,5H2,1H3. The Hall–Kier alpha value is -0.860. The van der Waals surface area contributed by atoms with E-state index in [1.807, 2.05) is 24.4 Å². The Bertz CT molecular complexity index is 383. The van der Waals surface area contributed by atoms with E-state index in [4.69, 9.17) is 5.26 Å². The van der Waals surface area contributed by atoms with E-state index < -0.39 is 0 Å². The van der Waals surface area contributed by atoms with Crippen LogP contribution in [0.25, 0.3) is 0 Å². The Morgan fingerprint density at radius 2 is 2.47 bits per heavy atom. The topological polar surface area (TPSA) is 44.1 Å². The fourth-order valence-corrected chi connectivity index (χ4v) is 2.32. The quantitative estimate of drug-likeness (QED) is 0.854. The van der Waals surface area contributed by atoms with E-state index in [9.17, 15) is 4.79 Å². The normalized spacial score (nSPS) is 9.67. The zero-order valence-corrected chi connectivity index (χ0v) is 10.8. The van der Waals surface area contributed by atoms with E-state index in [1.54, 1.807) is 4.90 Å². The van der Waals surface area contributed by atoms with Crippen molar-refractivity contribution >= 4 is 33.2 Å². The van der Waals surface area contributed by atoms with Gasteiger partial charge in [0, 0.05) is 18.5 Å². The summed E-state index contributed by atoms with van der Waals surface area (Å²) in [6.45, 7) is 3.05. The van der Waals surface area contributed by atoms with E-state index in [-0.39, 0.29) is 5.91 Å². The number of hydrogen-bond donors (Lipinski definition) is 0. The lowest BCUT2D eigenvalue weighted by Crippen LogP contribution is -2.31. The summed E-state index contributed by atoms with van der Waals surface area (Å²) in [5, 5.41) is 10.3. The number of carbonyl (C=O) groups is 1. The highest BCUT2D eigenvalue weighted by Gasteiger charge is 2.14. The van der Waals surface area contributed by atoms with Gasteiger partial charge in [0.05, 0.1) is 21.8 Å². The monoisotopic (exact) mass is 286 g/mol. The molecule has 0 unspecified atom stereocenters. The fraction of sp³-hybridized carbons (Fsp3) is 0.400. The Balaban J connectivity index is 2.69. The number of rotatable bonds is 4. The van der Waals surface area contributed by atoms with Gasteiger partial charge in [0.25, 0.3) is 5.91 Å². The Morgan fingerprint density at radius 1 is 1.73 bits per heavy atom. The third-order valence-electron chi connectivity index (χ3n) is 1.98. The number of thiophene rings is 1. The fourth-order valence-electron chi connectivity index (χ4n) is 1.19. The first-order valence-corrected chi connectivity index (χ1v) is 6.26. The van der Waals surface area contributed by atoms with Crippen LogP contribution in [-0.2, 0) is 0 Å². The highest BCUT2D eigenvalue weighted by Crippen LogP contribution is 2.21. The second-order valence-corrected chi connectivity index (χ2v) is 5.22. The maximum absolute atomic E-state index is 11.9. The van der Waals surface area contributed by atoms with Crippen molar-refractivity contribution in [2.75, 3.05) is 13.1 Å². The molecule has 0 N–H and O–H groups in total. The van der Waals surface area contributed by atoms with E-state index in [1.165, 1.54) is 11.3 Å². The average Bonchev–Trinajstić information content (AvgIpc) is 2.65. The largest absolute Gasteiger partial charge is 0.338 e. The van der Waals surface area contributed by atoms with Gasteiger partial charge in [-0.2, -0.15) is 5.26 Å². The summed E-state index contributed by atoms with van der Waals surface area (Å²) in [6, 6.07) is 3.85. The molecule has 0 fully saturated rings. The minimum Gasteiger partial charge on any atom is -0.338 e. The number of carbonyl (C=O) groups excluding carboxylic acids is 1. The van der Waals surface area contributed by atoms with Crippen LogP contribution >= 0.6 is 27.3 Å².